The predicted molar refractivity (Wildman–Crippen MR) is 101 cm³/mol. The van der Waals surface area contributed by atoms with Gasteiger partial charge in [0.25, 0.3) is 0 Å². The van der Waals surface area contributed by atoms with Crippen molar-refractivity contribution in [2.45, 2.75) is 4.90 Å². The Kier molecular flexibility index (Phi) is 3.67. The predicted octanol–water partition coefficient (Wildman–Crippen LogP) is 4.15. The van der Waals surface area contributed by atoms with Gasteiger partial charge in [-0.2, -0.15) is 0 Å². The zero-order valence-corrected chi connectivity index (χ0v) is 14.1. The molecule has 5 heteroatoms. The van der Waals surface area contributed by atoms with Crippen LogP contribution in [0.2, 0.25) is 0 Å². The standard InChI is InChI=1S/C20H16N2O2S/c21-25(23,24)16-12-10-15(11-13-16)20-19(14-6-2-1-3-7-14)17-8-4-5-9-18(17)22-20/h1-13,22H,(H2,21,23,24). The number of nitrogens with one attached hydrogen (secondary N) is 1. The third-order valence-electron chi connectivity index (χ3n) is 4.24. The molecule has 0 saturated heterocycles. The van der Waals surface area contributed by atoms with Crippen molar-refractivity contribution < 1.29 is 8.42 Å². The number of hydrogen-bond donors (Lipinski definition) is 2. The number of rotatable bonds is 3. The fourth-order valence-corrected chi connectivity index (χ4v) is 3.59. The fraction of sp³-hybridized carbons (Fsp3) is 0. The van der Waals surface area contributed by atoms with Crippen LogP contribution in [0.4, 0.5) is 0 Å². The summed E-state index contributed by atoms with van der Waals surface area (Å²) >= 11 is 0. The minimum Gasteiger partial charge on any atom is -0.354 e. The summed E-state index contributed by atoms with van der Waals surface area (Å²) in [6.07, 6.45) is 0. The van der Waals surface area contributed by atoms with Crippen molar-refractivity contribution in [2.24, 2.45) is 5.14 Å². The molecular formula is C20H16N2O2S. The summed E-state index contributed by atoms with van der Waals surface area (Å²) in [5.74, 6) is 0. The number of sulfonamides is 1. The Morgan fingerprint density at radius 3 is 2.04 bits per heavy atom. The number of hydrogen-bond acceptors (Lipinski definition) is 2. The molecule has 1 heterocycles. The molecule has 4 aromatic rings. The number of para-hydroxylation sites is 1. The summed E-state index contributed by atoms with van der Waals surface area (Å²) in [7, 11) is -3.70. The lowest BCUT2D eigenvalue weighted by atomic mass is 9.98. The maximum atomic E-state index is 11.5. The van der Waals surface area contributed by atoms with Gasteiger partial charge in [-0.3, -0.25) is 0 Å². The number of aromatic amines is 1. The minimum absolute atomic E-state index is 0.105. The average Bonchev–Trinajstić information content (AvgIpc) is 3.01. The average molecular weight is 348 g/mol. The molecule has 0 fully saturated rings. The molecule has 0 spiro atoms. The van der Waals surface area contributed by atoms with Crippen molar-refractivity contribution in [1.29, 1.82) is 0 Å². The van der Waals surface area contributed by atoms with Gasteiger partial charge in [-0.05, 0) is 29.3 Å². The molecule has 0 bridgehead atoms. The Morgan fingerprint density at radius 2 is 1.36 bits per heavy atom. The van der Waals surface area contributed by atoms with Crippen LogP contribution in [0.25, 0.3) is 33.3 Å². The van der Waals surface area contributed by atoms with Gasteiger partial charge in [-0.25, -0.2) is 13.6 Å². The Balaban J connectivity index is 1.96. The fourth-order valence-electron chi connectivity index (χ4n) is 3.07. The molecule has 4 nitrogen and oxygen atoms in total. The van der Waals surface area contributed by atoms with Crippen LogP contribution in [0.3, 0.4) is 0 Å². The quantitative estimate of drug-likeness (QED) is 0.583. The highest BCUT2D eigenvalue weighted by molar-refractivity contribution is 7.89. The van der Waals surface area contributed by atoms with E-state index in [0.717, 1.165) is 33.3 Å². The van der Waals surface area contributed by atoms with E-state index in [9.17, 15) is 8.42 Å². The van der Waals surface area contributed by atoms with Gasteiger partial charge in [-0.1, -0.05) is 60.7 Å². The molecule has 0 radical (unpaired) electrons. The molecule has 0 aliphatic carbocycles. The van der Waals surface area contributed by atoms with Crippen LogP contribution in [0, 0.1) is 0 Å². The van der Waals surface area contributed by atoms with Crippen LogP contribution in [0.1, 0.15) is 0 Å². The maximum absolute atomic E-state index is 11.5. The first-order valence-corrected chi connectivity index (χ1v) is 9.38. The second-order valence-corrected chi connectivity index (χ2v) is 7.42. The highest BCUT2D eigenvalue weighted by Crippen LogP contribution is 2.38. The van der Waals surface area contributed by atoms with Crippen LogP contribution in [0.5, 0.6) is 0 Å². The topological polar surface area (TPSA) is 76.0 Å². The summed E-state index contributed by atoms with van der Waals surface area (Å²) < 4.78 is 23.0. The lowest BCUT2D eigenvalue weighted by molar-refractivity contribution is 0.598. The SMILES string of the molecule is NS(=O)(=O)c1ccc(-c2[nH]c3ccccc3c2-c2ccccc2)cc1. The molecule has 0 unspecified atom stereocenters. The second-order valence-electron chi connectivity index (χ2n) is 5.86. The zero-order valence-electron chi connectivity index (χ0n) is 13.3. The van der Waals surface area contributed by atoms with E-state index in [1.54, 1.807) is 12.1 Å². The molecule has 4 rings (SSSR count). The monoisotopic (exact) mass is 348 g/mol. The van der Waals surface area contributed by atoms with E-state index in [4.69, 9.17) is 5.14 Å². The number of nitrogens with two attached hydrogens (primary N) is 1. The number of H-pyrrole nitrogens is 1. The van der Waals surface area contributed by atoms with Gasteiger partial charge in [0.2, 0.25) is 10.0 Å². The van der Waals surface area contributed by atoms with E-state index in [1.165, 1.54) is 12.1 Å². The highest BCUT2D eigenvalue weighted by atomic mass is 32.2. The number of primary sulfonamides is 1. The second kappa shape index (κ2) is 5.88. The van der Waals surface area contributed by atoms with Gasteiger partial charge in [0.15, 0.2) is 0 Å². The molecule has 0 saturated carbocycles. The van der Waals surface area contributed by atoms with E-state index in [1.807, 2.05) is 36.4 Å². The maximum Gasteiger partial charge on any atom is 0.238 e. The molecule has 0 aliphatic heterocycles. The van der Waals surface area contributed by atoms with Crippen molar-refractivity contribution in [2.75, 3.05) is 0 Å². The van der Waals surface area contributed by atoms with Crippen LogP contribution < -0.4 is 5.14 Å². The minimum atomic E-state index is -3.70. The Morgan fingerprint density at radius 1 is 0.720 bits per heavy atom. The Hall–Kier alpha value is -2.89. The first-order valence-electron chi connectivity index (χ1n) is 7.83. The number of aromatic nitrogens is 1. The van der Waals surface area contributed by atoms with Crippen molar-refractivity contribution in [3.05, 3.63) is 78.9 Å². The molecule has 1 aromatic heterocycles. The van der Waals surface area contributed by atoms with Crippen LogP contribution in [-0.2, 0) is 10.0 Å². The van der Waals surface area contributed by atoms with E-state index in [2.05, 4.69) is 23.2 Å². The summed E-state index contributed by atoms with van der Waals surface area (Å²) in [6.45, 7) is 0. The van der Waals surface area contributed by atoms with E-state index in [-0.39, 0.29) is 4.90 Å². The van der Waals surface area contributed by atoms with Gasteiger partial charge < -0.3 is 4.98 Å². The zero-order chi connectivity index (χ0) is 17.4. The van der Waals surface area contributed by atoms with E-state index in [0.29, 0.717) is 0 Å². The van der Waals surface area contributed by atoms with Crippen molar-refractivity contribution in [3.63, 3.8) is 0 Å². The largest absolute Gasteiger partial charge is 0.354 e. The lowest BCUT2D eigenvalue weighted by Gasteiger charge is -2.06. The van der Waals surface area contributed by atoms with Crippen LogP contribution >= 0.6 is 0 Å². The Bertz CT molecular complexity index is 1150. The van der Waals surface area contributed by atoms with Crippen molar-refractivity contribution in [1.82, 2.24) is 4.98 Å². The first-order chi connectivity index (χ1) is 12.0. The molecular weight excluding hydrogens is 332 g/mol. The third kappa shape index (κ3) is 2.84. The van der Waals surface area contributed by atoms with Gasteiger partial charge in [0.1, 0.15) is 0 Å². The van der Waals surface area contributed by atoms with Gasteiger partial charge in [0.05, 0.1) is 10.6 Å². The first kappa shape index (κ1) is 15.6. The highest BCUT2D eigenvalue weighted by Gasteiger charge is 2.15. The molecule has 0 amide bonds. The van der Waals surface area contributed by atoms with E-state index >= 15 is 0 Å². The summed E-state index contributed by atoms with van der Waals surface area (Å²) in [4.78, 5) is 3.56. The summed E-state index contributed by atoms with van der Waals surface area (Å²) in [5.41, 5.74) is 5.09. The van der Waals surface area contributed by atoms with Gasteiger partial charge in [0, 0.05) is 16.5 Å². The van der Waals surface area contributed by atoms with Crippen molar-refractivity contribution in [3.8, 4) is 22.4 Å². The van der Waals surface area contributed by atoms with Gasteiger partial charge >= 0.3 is 0 Å². The lowest BCUT2D eigenvalue weighted by Crippen LogP contribution is -2.11. The molecule has 3 aromatic carbocycles. The molecule has 25 heavy (non-hydrogen) atoms. The smallest absolute Gasteiger partial charge is 0.238 e. The van der Waals surface area contributed by atoms with Crippen LogP contribution in [-0.4, -0.2) is 13.4 Å². The summed E-state index contributed by atoms with van der Waals surface area (Å²) in [5, 5.41) is 6.32. The van der Waals surface area contributed by atoms with Gasteiger partial charge in [-0.15, -0.1) is 0 Å². The third-order valence-corrected chi connectivity index (χ3v) is 5.17. The number of benzene rings is 3. The summed E-state index contributed by atoms with van der Waals surface area (Å²) in [6, 6.07) is 24.9. The number of fused-ring (bicyclic) bond motifs is 1. The molecule has 3 N–H and O–H groups in total. The Labute approximate surface area is 146 Å². The van der Waals surface area contributed by atoms with E-state index < -0.39 is 10.0 Å². The molecule has 0 aliphatic rings. The van der Waals surface area contributed by atoms with Crippen LogP contribution in [0.15, 0.2) is 83.8 Å². The molecule has 0 atom stereocenters. The molecule has 124 valence electrons. The normalized spacial score (nSPS) is 11.7. The van der Waals surface area contributed by atoms with Crippen molar-refractivity contribution >= 4 is 20.9 Å².